The van der Waals surface area contributed by atoms with Crippen molar-refractivity contribution in [2.75, 3.05) is 13.2 Å². The van der Waals surface area contributed by atoms with Gasteiger partial charge in [-0.2, -0.15) is 0 Å². The highest BCUT2D eigenvalue weighted by Gasteiger charge is 2.32. The number of aryl methyl sites for hydroxylation is 2. The monoisotopic (exact) mass is 237 g/mol. The van der Waals surface area contributed by atoms with E-state index in [9.17, 15) is 4.39 Å². The molecule has 0 aliphatic carbocycles. The number of hydrogen-bond donors (Lipinski definition) is 1. The zero-order chi connectivity index (χ0) is 12.5. The van der Waals surface area contributed by atoms with Crippen LogP contribution in [0.4, 0.5) is 4.39 Å². The lowest BCUT2D eigenvalue weighted by Crippen LogP contribution is -2.38. The van der Waals surface area contributed by atoms with E-state index in [1.54, 1.807) is 6.07 Å². The molecular weight excluding hydrogens is 217 g/mol. The van der Waals surface area contributed by atoms with Crippen LogP contribution in [0, 0.1) is 19.7 Å². The molecule has 2 rings (SSSR count). The van der Waals surface area contributed by atoms with Gasteiger partial charge in [-0.05, 0) is 50.3 Å². The van der Waals surface area contributed by atoms with Crippen LogP contribution in [0.1, 0.15) is 36.0 Å². The Hall–Kier alpha value is -0.930. The normalized spacial score (nSPS) is 25.6. The molecule has 1 atom stereocenters. The van der Waals surface area contributed by atoms with Crippen molar-refractivity contribution in [1.82, 2.24) is 0 Å². The molecular formula is C14H20FNO. The molecule has 1 aromatic carbocycles. The van der Waals surface area contributed by atoms with Gasteiger partial charge in [0, 0.05) is 24.3 Å². The van der Waals surface area contributed by atoms with E-state index in [1.165, 1.54) is 0 Å². The lowest BCUT2D eigenvalue weighted by Gasteiger charge is -2.30. The van der Waals surface area contributed by atoms with Crippen LogP contribution < -0.4 is 5.73 Å². The van der Waals surface area contributed by atoms with Crippen molar-refractivity contribution < 1.29 is 9.13 Å². The van der Waals surface area contributed by atoms with Crippen molar-refractivity contribution in [1.29, 1.82) is 0 Å². The second-order valence-corrected chi connectivity index (χ2v) is 5.06. The van der Waals surface area contributed by atoms with Crippen molar-refractivity contribution in [3.63, 3.8) is 0 Å². The van der Waals surface area contributed by atoms with E-state index < -0.39 is 5.54 Å². The van der Waals surface area contributed by atoms with Gasteiger partial charge in [0.05, 0.1) is 0 Å². The Bertz CT molecular complexity index is 386. The van der Waals surface area contributed by atoms with Gasteiger partial charge in [-0.15, -0.1) is 0 Å². The molecule has 17 heavy (non-hydrogen) atoms. The Kier molecular flexibility index (Phi) is 3.50. The first-order chi connectivity index (χ1) is 8.03. The van der Waals surface area contributed by atoms with Gasteiger partial charge < -0.3 is 10.5 Å². The first-order valence-corrected chi connectivity index (χ1v) is 6.17. The summed E-state index contributed by atoms with van der Waals surface area (Å²) in [6.45, 7) is 5.18. The summed E-state index contributed by atoms with van der Waals surface area (Å²) in [7, 11) is 0. The smallest absolute Gasteiger partial charge is 0.128 e. The third-order valence-corrected chi connectivity index (χ3v) is 3.53. The first kappa shape index (κ1) is 12.5. The number of halogens is 1. The van der Waals surface area contributed by atoms with Gasteiger partial charge in [-0.25, -0.2) is 4.39 Å². The summed E-state index contributed by atoms with van der Waals surface area (Å²) >= 11 is 0. The maximum atomic E-state index is 14.2. The van der Waals surface area contributed by atoms with Crippen LogP contribution in [-0.2, 0) is 10.3 Å². The highest BCUT2D eigenvalue weighted by atomic mass is 19.1. The van der Waals surface area contributed by atoms with Crippen LogP contribution in [0.25, 0.3) is 0 Å². The molecule has 1 unspecified atom stereocenters. The fourth-order valence-electron chi connectivity index (χ4n) is 2.77. The SMILES string of the molecule is Cc1cc(C)c(C2(N)CCCOCC2)c(F)c1. The average Bonchev–Trinajstić information content (AvgIpc) is 2.41. The number of hydrogen-bond acceptors (Lipinski definition) is 2. The van der Waals surface area contributed by atoms with E-state index in [2.05, 4.69) is 0 Å². The minimum Gasteiger partial charge on any atom is -0.381 e. The van der Waals surface area contributed by atoms with E-state index >= 15 is 0 Å². The quantitative estimate of drug-likeness (QED) is 0.815. The predicted octanol–water partition coefficient (Wildman–Crippen LogP) is 2.80. The molecule has 0 aromatic heterocycles. The summed E-state index contributed by atoms with van der Waals surface area (Å²) in [6.07, 6.45) is 2.37. The molecule has 0 bridgehead atoms. The molecule has 0 spiro atoms. The molecule has 2 nitrogen and oxygen atoms in total. The van der Waals surface area contributed by atoms with Crippen LogP contribution in [-0.4, -0.2) is 13.2 Å². The summed E-state index contributed by atoms with van der Waals surface area (Å²) in [5, 5.41) is 0. The fourth-order valence-corrected chi connectivity index (χ4v) is 2.77. The van der Waals surface area contributed by atoms with Gasteiger partial charge in [0.15, 0.2) is 0 Å². The van der Waals surface area contributed by atoms with Crippen molar-refractivity contribution in [2.24, 2.45) is 5.73 Å². The molecule has 94 valence electrons. The van der Waals surface area contributed by atoms with Gasteiger partial charge in [0.25, 0.3) is 0 Å². The van der Waals surface area contributed by atoms with Crippen LogP contribution >= 0.6 is 0 Å². The van der Waals surface area contributed by atoms with Crippen molar-refractivity contribution in [3.8, 4) is 0 Å². The molecule has 1 heterocycles. The zero-order valence-corrected chi connectivity index (χ0v) is 10.6. The van der Waals surface area contributed by atoms with Gasteiger partial charge in [-0.1, -0.05) is 6.07 Å². The molecule has 0 radical (unpaired) electrons. The molecule has 1 aliphatic heterocycles. The van der Waals surface area contributed by atoms with E-state index in [0.717, 1.165) is 30.6 Å². The van der Waals surface area contributed by atoms with Crippen LogP contribution in [0.2, 0.25) is 0 Å². The Morgan fingerprint density at radius 2 is 2.00 bits per heavy atom. The van der Waals surface area contributed by atoms with Gasteiger partial charge in [0.1, 0.15) is 5.82 Å². The van der Waals surface area contributed by atoms with Gasteiger partial charge >= 0.3 is 0 Å². The molecule has 3 heteroatoms. The van der Waals surface area contributed by atoms with E-state index in [4.69, 9.17) is 10.5 Å². The minimum atomic E-state index is -0.571. The number of rotatable bonds is 1. The second-order valence-electron chi connectivity index (χ2n) is 5.06. The lowest BCUT2D eigenvalue weighted by molar-refractivity contribution is 0.139. The number of benzene rings is 1. The zero-order valence-electron chi connectivity index (χ0n) is 10.6. The predicted molar refractivity (Wildman–Crippen MR) is 66.4 cm³/mol. The molecule has 1 fully saturated rings. The third-order valence-electron chi connectivity index (χ3n) is 3.53. The number of nitrogens with two attached hydrogens (primary N) is 1. The Balaban J connectivity index is 2.44. The largest absolute Gasteiger partial charge is 0.381 e. The van der Waals surface area contributed by atoms with Crippen LogP contribution in [0.15, 0.2) is 12.1 Å². The van der Waals surface area contributed by atoms with Gasteiger partial charge in [0.2, 0.25) is 0 Å². The van der Waals surface area contributed by atoms with E-state index in [1.807, 2.05) is 19.9 Å². The highest BCUT2D eigenvalue weighted by molar-refractivity contribution is 5.37. The Morgan fingerprint density at radius 3 is 2.71 bits per heavy atom. The average molecular weight is 237 g/mol. The highest BCUT2D eigenvalue weighted by Crippen LogP contribution is 2.34. The van der Waals surface area contributed by atoms with Crippen molar-refractivity contribution >= 4 is 0 Å². The molecule has 2 N–H and O–H groups in total. The minimum absolute atomic E-state index is 0.174. The summed E-state index contributed by atoms with van der Waals surface area (Å²) in [5.41, 5.74) is 8.41. The van der Waals surface area contributed by atoms with Crippen molar-refractivity contribution in [2.45, 2.75) is 38.6 Å². The molecule has 1 saturated heterocycles. The molecule has 0 saturated carbocycles. The summed E-state index contributed by atoms with van der Waals surface area (Å²) in [6, 6.07) is 3.57. The molecule has 1 aromatic rings. The first-order valence-electron chi connectivity index (χ1n) is 6.17. The molecule has 1 aliphatic rings. The maximum Gasteiger partial charge on any atom is 0.128 e. The van der Waals surface area contributed by atoms with E-state index in [0.29, 0.717) is 18.6 Å². The maximum absolute atomic E-state index is 14.2. The van der Waals surface area contributed by atoms with E-state index in [-0.39, 0.29) is 5.82 Å². The topological polar surface area (TPSA) is 35.2 Å². The standard InChI is InChI=1S/C14H20FNO/c1-10-8-11(2)13(12(15)9-10)14(16)4-3-6-17-7-5-14/h8-9H,3-7,16H2,1-2H3. The third kappa shape index (κ3) is 2.50. The summed E-state index contributed by atoms with van der Waals surface area (Å²) in [4.78, 5) is 0. The van der Waals surface area contributed by atoms with Crippen LogP contribution in [0.5, 0.6) is 0 Å². The van der Waals surface area contributed by atoms with Gasteiger partial charge in [-0.3, -0.25) is 0 Å². The number of ether oxygens (including phenoxy) is 1. The van der Waals surface area contributed by atoms with Crippen LogP contribution in [0.3, 0.4) is 0 Å². The Labute approximate surface area is 102 Å². The summed E-state index contributed by atoms with van der Waals surface area (Å²) in [5.74, 6) is -0.174. The lowest BCUT2D eigenvalue weighted by atomic mass is 9.81. The molecule has 0 amide bonds. The second kappa shape index (κ2) is 4.75. The summed E-state index contributed by atoms with van der Waals surface area (Å²) < 4.78 is 19.6. The van der Waals surface area contributed by atoms with Crippen molar-refractivity contribution in [3.05, 3.63) is 34.6 Å². The Morgan fingerprint density at radius 1 is 1.24 bits per heavy atom. The fraction of sp³-hybridized carbons (Fsp3) is 0.571.